The fraction of sp³-hybridized carbons (Fsp3) is 0.435. The quantitative estimate of drug-likeness (QED) is 0.760. The van der Waals surface area contributed by atoms with E-state index >= 15 is 0 Å². The van der Waals surface area contributed by atoms with E-state index in [0.29, 0.717) is 18.5 Å². The molecule has 9 heteroatoms. The SMILES string of the molecule is Cc1cc(F)c(CNC(=O)c2cn3c(c(O)c2=O)C(=O)N2C[C@@H]3CC[C@@H](C)[C@@H]2C)c(F)c1. The largest absolute Gasteiger partial charge is 0.503 e. The number of benzene rings is 1. The van der Waals surface area contributed by atoms with Crippen LogP contribution in [0.5, 0.6) is 5.75 Å². The zero-order chi connectivity index (χ0) is 23.3. The van der Waals surface area contributed by atoms with Crippen molar-refractivity contribution in [3.05, 3.63) is 62.6 Å². The normalized spacial score (nSPS) is 22.3. The van der Waals surface area contributed by atoms with Crippen molar-refractivity contribution >= 4 is 11.8 Å². The van der Waals surface area contributed by atoms with Gasteiger partial charge in [0, 0.05) is 30.9 Å². The number of aromatic hydroxyl groups is 1. The minimum absolute atomic E-state index is 0.0435. The molecule has 0 unspecified atom stereocenters. The molecule has 2 amide bonds. The average molecular weight is 445 g/mol. The van der Waals surface area contributed by atoms with Gasteiger partial charge in [-0.2, -0.15) is 0 Å². The van der Waals surface area contributed by atoms with Crippen LogP contribution in [0.25, 0.3) is 0 Å². The summed E-state index contributed by atoms with van der Waals surface area (Å²) < 4.78 is 29.7. The summed E-state index contributed by atoms with van der Waals surface area (Å²) in [7, 11) is 0. The Morgan fingerprint density at radius 2 is 1.84 bits per heavy atom. The number of fused-ring (bicyclic) bond motifs is 4. The van der Waals surface area contributed by atoms with Crippen LogP contribution < -0.4 is 10.7 Å². The summed E-state index contributed by atoms with van der Waals surface area (Å²) in [6, 6.07) is 2.06. The third-order valence-electron chi connectivity index (χ3n) is 6.70. The molecule has 2 aliphatic heterocycles. The number of rotatable bonds is 3. The summed E-state index contributed by atoms with van der Waals surface area (Å²) in [4.78, 5) is 40.1. The third kappa shape index (κ3) is 3.55. The topological polar surface area (TPSA) is 91.6 Å². The lowest BCUT2D eigenvalue weighted by Crippen LogP contribution is -2.48. The lowest BCUT2D eigenvalue weighted by atomic mass is 9.98. The molecule has 0 aliphatic carbocycles. The van der Waals surface area contributed by atoms with Gasteiger partial charge in [-0.1, -0.05) is 6.92 Å². The van der Waals surface area contributed by atoms with Crippen molar-refractivity contribution in [2.75, 3.05) is 6.54 Å². The molecule has 1 aromatic heterocycles. The summed E-state index contributed by atoms with van der Waals surface area (Å²) in [6.07, 6.45) is 2.83. The fourth-order valence-electron chi connectivity index (χ4n) is 4.56. The van der Waals surface area contributed by atoms with Gasteiger partial charge in [0.25, 0.3) is 11.8 Å². The number of pyridine rings is 1. The van der Waals surface area contributed by atoms with Gasteiger partial charge in [-0.15, -0.1) is 0 Å². The summed E-state index contributed by atoms with van der Waals surface area (Å²) in [6.45, 7) is 5.49. The van der Waals surface area contributed by atoms with Crippen LogP contribution in [0.1, 0.15) is 64.7 Å². The average Bonchev–Trinajstić information content (AvgIpc) is 2.85. The van der Waals surface area contributed by atoms with Crippen molar-refractivity contribution in [2.24, 2.45) is 5.92 Å². The minimum Gasteiger partial charge on any atom is -0.503 e. The molecule has 1 saturated heterocycles. The van der Waals surface area contributed by atoms with Gasteiger partial charge in [0.05, 0.1) is 6.04 Å². The highest BCUT2D eigenvalue weighted by Gasteiger charge is 2.40. The van der Waals surface area contributed by atoms with Crippen LogP contribution in [-0.4, -0.2) is 39.0 Å². The summed E-state index contributed by atoms with van der Waals surface area (Å²) in [5.74, 6) is -3.49. The summed E-state index contributed by atoms with van der Waals surface area (Å²) in [5, 5.41) is 12.9. The van der Waals surface area contributed by atoms with E-state index in [0.717, 1.165) is 18.6 Å². The number of nitrogens with one attached hydrogen (secondary N) is 1. The molecule has 1 fully saturated rings. The van der Waals surface area contributed by atoms with Gasteiger partial charge in [-0.3, -0.25) is 14.4 Å². The Morgan fingerprint density at radius 3 is 2.50 bits per heavy atom. The minimum atomic E-state index is -0.993. The Labute approximate surface area is 183 Å². The number of hydrogen-bond donors (Lipinski definition) is 2. The molecule has 32 heavy (non-hydrogen) atoms. The molecule has 1 aromatic carbocycles. The number of hydrogen-bond acceptors (Lipinski definition) is 4. The van der Waals surface area contributed by atoms with Crippen LogP contribution in [0.15, 0.2) is 23.1 Å². The van der Waals surface area contributed by atoms with Crippen LogP contribution in [0.3, 0.4) is 0 Å². The van der Waals surface area contributed by atoms with Crippen LogP contribution in [-0.2, 0) is 6.54 Å². The molecule has 4 rings (SSSR count). The fourth-order valence-corrected chi connectivity index (χ4v) is 4.56. The number of nitrogens with zero attached hydrogens (tertiary/aromatic N) is 2. The van der Waals surface area contributed by atoms with Gasteiger partial charge in [0.1, 0.15) is 17.2 Å². The van der Waals surface area contributed by atoms with Gasteiger partial charge in [0.2, 0.25) is 5.43 Å². The monoisotopic (exact) mass is 445 g/mol. The van der Waals surface area contributed by atoms with Crippen molar-refractivity contribution in [1.82, 2.24) is 14.8 Å². The van der Waals surface area contributed by atoms with Crippen LogP contribution >= 0.6 is 0 Å². The smallest absolute Gasteiger partial charge is 0.274 e. The molecule has 2 aliphatic rings. The van der Waals surface area contributed by atoms with Gasteiger partial charge >= 0.3 is 0 Å². The molecule has 0 spiro atoms. The predicted octanol–water partition coefficient (Wildman–Crippen LogP) is 2.89. The second-order valence-corrected chi connectivity index (χ2v) is 8.77. The van der Waals surface area contributed by atoms with E-state index in [-0.39, 0.29) is 34.8 Å². The van der Waals surface area contributed by atoms with Crippen molar-refractivity contribution in [3.8, 4) is 5.75 Å². The molecular weight excluding hydrogens is 420 g/mol. The number of aryl methyl sites for hydroxylation is 1. The summed E-state index contributed by atoms with van der Waals surface area (Å²) >= 11 is 0. The van der Waals surface area contributed by atoms with Crippen LogP contribution in [0, 0.1) is 24.5 Å². The molecule has 2 bridgehead atoms. The summed E-state index contributed by atoms with van der Waals surface area (Å²) in [5.41, 5.74) is -1.43. The van der Waals surface area contributed by atoms with E-state index in [9.17, 15) is 28.3 Å². The highest BCUT2D eigenvalue weighted by molar-refractivity contribution is 5.99. The molecular formula is C23H25F2N3O4. The molecule has 0 saturated carbocycles. The van der Waals surface area contributed by atoms with Gasteiger partial charge in [0.15, 0.2) is 11.4 Å². The lowest BCUT2D eigenvalue weighted by molar-refractivity contribution is 0.0570. The molecule has 0 radical (unpaired) electrons. The third-order valence-corrected chi connectivity index (χ3v) is 6.70. The highest BCUT2D eigenvalue weighted by atomic mass is 19.1. The molecule has 2 aromatic rings. The first-order valence-corrected chi connectivity index (χ1v) is 10.6. The zero-order valence-electron chi connectivity index (χ0n) is 18.1. The maximum absolute atomic E-state index is 14.1. The molecule has 170 valence electrons. The number of amides is 2. The standard InChI is InChI=1S/C23H25F2N3O4/c1-11-6-17(24)15(18(25)7-11)8-26-22(31)16-10-28-14-5-4-12(2)13(3)27(9-14)23(32)19(28)21(30)20(16)29/h6-7,10,12-14,30H,4-5,8-9H2,1-3H3,(H,26,31)/t12-,13+,14+/m1/s1. The van der Waals surface area contributed by atoms with Gasteiger partial charge in [-0.25, -0.2) is 8.78 Å². The number of aromatic nitrogens is 1. The Kier molecular flexibility index (Phi) is 5.52. The Morgan fingerprint density at radius 1 is 1.19 bits per heavy atom. The second kappa shape index (κ2) is 8.03. The second-order valence-electron chi connectivity index (χ2n) is 8.77. The Balaban J connectivity index is 1.68. The van der Waals surface area contributed by atoms with Crippen molar-refractivity contribution in [2.45, 2.75) is 52.2 Å². The Bertz CT molecular complexity index is 1150. The lowest BCUT2D eigenvalue weighted by Gasteiger charge is -2.38. The molecule has 3 heterocycles. The number of carbonyl (C=O) groups excluding carboxylic acids is 2. The molecule has 7 nitrogen and oxygen atoms in total. The predicted molar refractivity (Wildman–Crippen MR) is 113 cm³/mol. The molecule has 2 N–H and O–H groups in total. The number of carbonyl (C=O) groups is 2. The van der Waals surface area contributed by atoms with Crippen molar-refractivity contribution < 1.29 is 23.5 Å². The van der Waals surface area contributed by atoms with E-state index < -0.39 is 41.2 Å². The number of halogens is 2. The van der Waals surface area contributed by atoms with E-state index in [2.05, 4.69) is 12.2 Å². The van der Waals surface area contributed by atoms with Gasteiger partial charge < -0.3 is 19.9 Å². The zero-order valence-corrected chi connectivity index (χ0v) is 18.1. The first-order valence-electron chi connectivity index (χ1n) is 10.6. The van der Waals surface area contributed by atoms with Crippen LogP contribution in [0.2, 0.25) is 0 Å². The highest BCUT2D eigenvalue weighted by Crippen LogP contribution is 2.36. The first kappa shape index (κ1) is 22.0. The van der Waals surface area contributed by atoms with Crippen LogP contribution in [0.4, 0.5) is 8.78 Å². The van der Waals surface area contributed by atoms with E-state index in [1.165, 1.54) is 10.8 Å². The van der Waals surface area contributed by atoms with E-state index in [1.807, 2.05) is 6.92 Å². The molecule has 3 atom stereocenters. The van der Waals surface area contributed by atoms with Crippen molar-refractivity contribution in [1.29, 1.82) is 0 Å². The first-order chi connectivity index (χ1) is 15.1. The van der Waals surface area contributed by atoms with E-state index in [1.54, 1.807) is 11.8 Å². The maximum Gasteiger partial charge on any atom is 0.274 e. The van der Waals surface area contributed by atoms with E-state index in [4.69, 9.17) is 0 Å². The maximum atomic E-state index is 14.1. The Hall–Kier alpha value is -3.23. The van der Waals surface area contributed by atoms with Crippen molar-refractivity contribution in [3.63, 3.8) is 0 Å². The van der Waals surface area contributed by atoms with Gasteiger partial charge in [-0.05, 0) is 50.3 Å².